The molecule has 0 aliphatic rings. The minimum Gasteiger partial charge on any atom is -0.451 e. The van der Waals surface area contributed by atoms with Crippen LogP contribution in [-0.4, -0.2) is 16.1 Å². The van der Waals surface area contributed by atoms with Crippen LogP contribution in [0.4, 0.5) is 5.13 Å². The minimum absolute atomic E-state index is 0.0411. The Bertz CT molecular complexity index is 973. The molecule has 3 rings (SSSR count). The third kappa shape index (κ3) is 3.61. The Kier molecular flexibility index (Phi) is 4.94. The van der Waals surface area contributed by atoms with Crippen molar-refractivity contribution in [2.45, 2.75) is 39.5 Å². The van der Waals surface area contributed by atoms with Gasteiger partial charge in [0.15, 0.2) is 11.2 Å². The van der Waals surface area contributed by atoms with Crippen LogP contribution < -0.4 is 10.7 Å². The molecule has 7 heteroatoms. The van der Waals surface area contributed by atoms with Gasteiger partial charge in [-0.15, -0.1) is 10.2 Å². The lowest BCUT2D eigenvalue weighted by molar-refractivity contribution is 0.0997. The number of nitrogens with one attached hydrogen (secondary N) is 1. The van der Waals surface area contributed by atoms with E-state index >= 15 is 0 Å². The van der Waals surface area contributed by atoms with E-state index in [1.54, 1.807) is 12.1 Å². The SMILES string of the molecule is CCC(CC)c1nnc(NC(=O)c2cc(=O)c3cc(C)ccc3o2)s1. The predicted molar refractivity (Wildman–Crippen MR) is 98.4 cm³/mol. The van der Waals surface area contributed by atoms with Gasteiger partial charge in [0.2, 0.25) is 5.13 Å². The highest BCUT2D eigenvalue weighted by Gasteiger charge is 2.17. The first-order valence-corrected chi connectivity index (χ1v) is 9.02. The van der Waals surface area contributed by atoms with Gasteiger partial charge in [-0.3, -0.25) is 14.9 Å². The van der Waals surface area contributed by atoms with Crippen molar-refractivity contribution < 1.29 is 9.21 Å². The second-order valence-corrected chi connectivity index (χ2v) is 6.90. The number of anilines is 1. The molecule has 6 nitrogen and oxygen atoms in total. The highest BCUT2D eigenvalue weighted by molar-refractivity contribution is 7.15. The van der Waals surface area contributed by atoms with Gasteiger partial charge < -0.3 is 4.42 Å². The first-order chi connectivity index (χ1) is 12.0. The molecule has 0 aliphatic heterocycles. The number of carbonyl (C=O) groups is 1. The second-order valence-electron chi connectivity index (χ2n) is 5.89. The molecule has 0 saturated carbocycles. The highest BCUT2D eigenvalue weighted by atomic mass is 32.1. The number of rotatable bonds is 5. The van der Waals surface area contributed by atoms with E-state index in [0.717, 1.165) is 23.4 Å². The Labute approximate surface area is 148 Å². The lowest BCUT2D eigenvalue weighted by Gasteiger charge is -2.06. The van der Waals surface area contributed by atoms with Crippen molar-refractivity contribution in [3.8, 4) is 0 Å². The third-order valence-corrected chi connectivity index (χ3v) is 5.10. The number of aryl methyl sites for hydroxylation is 1. The number of hydrogen-bond donors (Lipinski definition) is 1. The van der Waals surface area contributed by atoms with Gasteiger partial charge in [-0.05, 0) is 31.9 Å². The fourth-order valence-electron chi connectivity index (χ4n) is 2.63. The molecule has 0 spiro atoms. The molecule has 3 aromatic rings. The Balaban J connectivity index is 1.85. The van der Waals surface area contributed by atoms with Crippen molar-refractivity contribution in [2.75, 3.05) is 5.32 Å². The molecule has 0 radical (unpaired) electrons. The van der Waals surface area contributed by atoms with Gasteiger partial charge in [0.1, 0.15) is 10.6 Å². The summed E-state index contributed by atoms with van der Waals surface area (Å²) in [5.74, 6) is -0.211. The molecular formula is C18H19N3O3S. The molecule has 0 fully saturated rings. The van der Waals surface area contributed by atoms with E-state index < -0.39 is 5.91 Å². The van der Waals surface area contributed by atoms with E-state index in [9.17, 15) is 9.59 Å². The molecular weight excluding hydrogens is 338 g/mol. The monoisotopic (exact) mass is 357 g/mol. The van der Waals surface area contributed by atoms with Gasteiger partial charge in [0.25, 0.3) is 5.91 Å². The van der Waals surface area contributed by atoms with E-state index in [1.807, 2.05) is 13.0 Å². The van der Waals surface area contributed by atoms with Crippen LogP contribution in [0.15, 0.2) is 33.5 Å². The van der Waals surface area contributed by atoms with Crippen LogP contribution in [0.3, 0.4) is 0 Å². The number of nitrogens with zero attached hydrogens (tertiary/aromatic N) is 2. The number of amides is 1. The molecule has 2 aromatic heterocycles. The van der Waals surface area contributed by atoms with Crippen molar-refractivity contribution in [3.05, 3.63) is 50.8 Å². The van der Waals surface area contributed by atoms with Crippen LogP contribution in [0.2, 0.25) is 0 Å². The molecule has 2 heterocycles. The number of aromatic nitrogens is 2. The largest absolute Gasteiger partial charge is 0.451 e. The standard InChI is InChI=1S/C18H19N3O3S/c1-4-11(5-2)17-20-21-18(25-17)19-16(23)15-9-13(22)12-8-10(3)6-7-14(12)24-15/h6-9,11H,4-5H2,1-3H3,(H,19,21,23). The summed E-state index contributed by atoms with van der Waals surface area (Å²) in [4.78, 5) is 24.6. The zero-order valence-corrected chi connectivity index (χ0v) is 15.1. The molecule has 0 bridgehead atoms. The summed E-state index contributed by atoms with van der Waals surface area (Å²) >= 11 is 1.35. The molecule has 0 saturated heterocycles. The van der Waals surface area contributed by atoms with Crippen LogP contribution in [0.25, 0.3) is 11.0 Å². The Hall–Kier alpha value is -2.54. The maximum atomic E-state index is 12.4. The predicted octanol–water partition coefficient (Wildman–Crippen LogP) is 4.11. The zero-order valence-electron chi connectivity index (χ0n) is 14.3. The lowest BCUT2D eigenvalue weighted by Crippen LogP contribution is -2.14. The summed E-state index contributed by atoms with van der Waals surface area (Å²) in [6, 6.07) is 6.48. The van der Waals surface area contributed by atoms with Gasteiger partial charge in [0.05, 0.1) is 5.39 Å². The molecule has 1 amide bonds. The topological polar surface area (TPSA) is 85.1 Å². The van der Waals surface area contributed by atoms with Crippen molar-refractivity contribution >= 4 is 33.3 Å². The average molecular weight is 357 g/mol. The molecule has 130 valence electrons. The van der Waals surface area contributed by atoms with Gasteiger partial charge in [-0.2, -0.15) is 0 Å². The van der Waals surface area contributed by atoms with Crippen LogP contribution in [0.5, 0.6) is 0 Å². The van der Waals surface area contributed by atoms with Crippen LogP contribution >= 0.6 is 11.3 Å². The van der Waals surface area contributed by atoms with E-state index in [0.29, 0.717) is 22.0 Å². The van der Waals surface area contributed by atoms with Gasteiger partial charge in [-0.1, -0.05) is 36.8 Å². The Morgan fingerprint density at radius 3 is 2.72 bits per heavy atom. The van der Waals surface area contributed by atoms with Crippen molar-refractivity contribution in [1.82, 2.24) is 10.2 Å². The van der Waals surface area contributed by atoms with E-state index in [4.69, 9.17) is 4.42 Å². The van der Waals surface area contributed by atoms with E-state index in [1.165, 1.54) is 17.4 Å². The molecule has 0 aliphatic carbocycles. The van der Waals surface area contributed by atoms with Gasteiger partial charge in [-0.25, -0.2) is 0 Å². The molecule has 1 N–H and O–H groups in total. The maximum Gasteiger partial charge on any atom is 0.293 e. The number of benzene rings is 1. The van der Waals surface area contributed by atoms with Crippen LogP contribution in [-0.2, 0) is 0 Å². The lowest BCUT2D eigenvalue weighted by atomic mass is 10.1. The summed E-state index contributed by atoms with van der Waals surface area (Å²) in [5, 5.41) is 12.6. The average Bonchev–Trinajstić information content (AvgIpc) is 3.04. The molecule has 1 aromatic carbocycles. The van der Waals surface area contributed by atoms with Gasteiger partial charge >= 0.3 is 0 Å². The Morgan fingerprint density at radius 2 is 2.00 bits per heavy atom. The summed E-state index contributed by atoms with van der Waals surface area (Å²) in [6.07, 6.45) is 1.94. The molecule has 0 atom stereocenters. The molecule has 0 unspecified atom stereocenters. The van der Waals surface area contributed by atoms with Crippen molar-refractivity contribution in [2.24, 2.45) is 0 Å². The number of fused-ring (bicyclic) bond motifs is 1. The Morgan fingerprint density at radius 1 is 1.24 bits per heavy atom. The number of carbonyl (C=O) groups excluding carboxylic acids is 1. The van der Waals surface area contributed by atoms with Gasteiger partial charge in [0, 0.05) is 12.0 Å². The third-order valence-electron chi connectivity index (χ3n) is 4.10. The van der Waals surface area contributed by atoms with Crippen LogP contribution in [0.1, 0.15) is 53.7 Å². The van der Waals surface area contributed by atoms with E-state index in [2.05, 4.69) is 29.4 Å². The maximum absolute atomic E-state index is 12.4. The fourth-order valence-corrected chi connectivity index (χ4v) is 3.63. The first kappa shape index (κ1) is 17.3. The number of hydrogen-bond acceptors (Lipinski definition) is 6. The van der Waals surface area contributed by atoms with Crippen LogP contribution in [0, 0.1) is 6.92 Å². The quantitative estimate of drug-likeness (QED) is 0.743. The highest BCUT2D eigenvalue weighted by Crippen LogP contribution is 2.28. The summed E-state index contributed by atoms with van der Waals surface area (Å²) in [7, 11) is 0. The summed E-state index contributed by atoms with van der Waals surface area (Å²) < 4.78 is 5.57. The fraction of sp³-hybridized carbons (Fsp3) is 0.333. The molecule has 25 heavy (non-hydrogen) atoms. The first-order valence-electron chi connectivity index (χ1n) is 8.21. The van der Waals surface area contributed by atoms with Crippen molar-refractivity contribution in [1.29, 1.82) is 0 Å². The van der Waals surface area contributed by atoms with E-state index in [-0.39, 0.29) is 11.2 Å². The summed E-state index contributed by atoms with van der Waals surface area (Å²) in [6.45, 7) is 6.09. The normalized spacial score (nSPS) is 11.2. The minimum atomic E-state index is -0.508. The summed E-state index contributed by atoms with van der Waals surface area (Å²) in [5.41, 5.74) is 1.10. The van der Waals surface area contributed by atoms with Crippen molar-refractivity contribution in [3.63, 3.8) is 0 Å². The zero-order chi connectivity index (χ0) is 18.0. The smallest absolute Gasteiger partial charge is 0.293 e. The second kappa shape index (κ2) is 7.14.